The first kappa shape index (κ1) is 14.5. The van der Waals surface area contributed by atoms with Gasteiger partial charge in [-0.1, -0.05) is 11.6 Å². The van der Waals surface area contributed by atoms with Crippen molar-refractivity contribution in [1.82, 2.24) is 25.2 Å². The van der Waals surface area contributed by atoms with Crippen LogP contribution in [0.1, 0.15) is 51.3 Å². The second kappa shape index (κ2) is 6.48. The zero-order valence-electron chi connectivity index (χ0n) is 12.6. The molecule has 1 saturated heterocycles. The van der Waals surface area contributed by atoms with E-state index >= 15 is 0 Å². The van der Waals surface area contributed by atoms with Crippen LogP contribution < -0.4 is 5.32 Å². The van der Waals surface area contributed by atoms with E-state index in [1.807, 2.05) is 13.2 Å². The molecule has 0 aliphatic carbocycles. The Morgan fingerprint density at radius 1 is 1.37 bits per heavy atom. The summed E-state index contributed by atoms with van der Waals surface area (Å²) in [7, 11) is 4.16. The van der Waals surface area contributed by atoms with E-state index in [1.54, 1.807) is 4.68 Å². The summed E-state index contributed by atoms with van der Waals surface area (Å²) >= 11 is 0. The van der Waals surface area contributed by atoms with E-state index < -0.39 is 0 Å². The van der Waals surface area contributed by atoms with E-state index in [1.165, 1.54) is 32.2 Å². The fourth-order valence-corrected chi connectivity index (χ4v) is 2.99. The van der Waals surface area contributed by atoms with Crippen LogP contribution in [0.25, 0.3) is 0 Å². The molecule has 0 aromatic carbocycles. The molecular formula is C14H27N5. The highest BCUT2D eigenvalue weighted by Gasteiger charge is 2.22. The summed E-state index contributed by atoms with van der Waals surface area (Å²) in [5.74, 6) is 0. The van der Waals surface area contributed by atoms with Crippen molar-refractivity contribution in [2.45, 2.75) is 57.7 Å². The number of hydrogen-bond donors (Lipinski definition) is 1. The minimum Gasteiger partial charge on any atom is -0.306 e. The van der Waals surface area contributed by atoms with Crippen LogP contribution in [0.3, 0.4) is 0 Å². The highest BCUT2D eigenvalue weighted by molar-refractivity contribution is 4.99. The van der Waals surface area contributed by atoms with Gasteiger partial charge in [-0.05, 0) is 46.7 Å². The van der Waals surface area contributed by atoms with Crippen LogP contribution in [0.5, 0.6) is 0 Å². The summed E-state index contributed by atoms with van der Waals surface area (Å²) in [6.07, 6.45) is 7.26. The Labute approximate surface area is 116 Å². The zero-order valence-corrected chi connectivity index (χ0v) is 12.6. The standard InChI is InChI=1S/C14H27N5/c1-11(9-13-7-5-6-8-18(13)3)15-12(2)14-10-19(4)17-16-14/h10-13,15H,5-9H2,1-4H3. The molecule has 0 spiro atoms. The summed E-state index contributed by atoms with van der Waals surface area (Å²) < 4.78 is 1.76. The Morgan fingerprint density at radius 3 is 2.79 bits per heavy atom. The van der Waals surface area contributed by atoms with Crippen molar-refractivity contribution in [2.75, 3.05) is 13.6 Å². The second-order valence-corrected chi connectivity index (χ2v) is 5.97. The van der Waals surface area contributed by atoms with Gasteiger partial charge in [0.05, 0.1) is 11.7 Å². The zero-order chi connectivity index (χ0) is 13.8. The Kier molecular flexibility index (Phi) is 4.93. The number of rotatable bonds is 5. The molecule has 2 rings (SSSR count). The molecule has 1 aromatic rings. The maximum atomic E-state index is 4.17. The van der Waals surface area contributed by atoms with Crippen molar-refractivity contribution in [2.24, 2.45) is 7.05 Å². The third kappa shape index (κ3) is 4.01. The molecule has 1 aliphatic heterocycles. The van der Waals surface area contributed by atoms with Gasteiger partial charge in [0.25, 0.3) is 0 Å². The number of hydrogen-bond acceptors (Lipinski definition) is 4. The second-order valence-electron chi connectivity index (χ2n) is 5.97. The van der Waals surface area contributed by atoms with Crippen LogP contribution in [0.4, 0.5) is 0 Å². The van der Waals surface area contributed by atoms with Crippen LogP contribution in [0.15, 0.2) is 6.20 Å². The number of nitrogens with zero attached hydrogens (tertiary/aromatic N) is 4. The smallest absolute Gasteiger partial charge is 0.0993 e. The molecular weight excluding hydrogens is 238 g/mol. The van der Waals surface area contributed by atoms with Gasteiger partial charge < -0.3 is 10.2 Å². The molecule has 3 unspecified atom stereocenters. The van der Waals surface area contributed by atoms with E-state index in [4.69, 9.17) is 0 Å². The summed E-state index contributed by atoms with van der Waals surface area (Å²) in [4.78, 5) is 2.51. The van der Waals surface area contributed by atoms with Crippen molar-refractivity contribution in [3.63, 3.8) is 0 Å². The third-order valence-electron chi connectivity index (χ3n) is 4.15. The van der Waals surface area contributed by atoms with Crippen LogP contribution in [0.2, 0.25) is 0 Å². The molecule has 1 fully saturated rings. The highest BCUT2D eigenvalue weighted by Crippen LogP contribution is 2.20. The van der Waals surface area contributed by atoms with Crippen molar-refractivity contribution >= 4 is 0 Å². The molecule has 3 atom stereocenters. The number of aryl methyl sites for hydroxylation is 1. The van der Waals surface area contributed by atoms with Gasteiger partial charge in [-0.3, -0.25) is 4.68 Å². The summed E-state index contributed by atoms with van der Waals surface area (Å²) in [5, 5.41) is 11.8. The van der Waals surface area contributed by atoms with Crippen LogP contribution in [0, 0.1) is 0 Å². The predicted molar refractivity (Wildman–Crippen MR) is 76.9 cm³/mol. The third-order valence-corrected chi connectivity index (χ3v) is 4.15. The minimum atomic E-state index is 0.262. The summed E-state index contributed by atoms with van der Waals surface area (Å²) in [6, 6.07) is 1.49. The van der Waals surface area contributed by atoms with Gasteiger partial charge in [0.2, 0.25) is 0 Å². The van der Waals surface area contributed by atoms with Crippen LogP contribution in [-0.2, 0) is 7.05 Å². The van der Waals surface area contributed by atoms with E-state index in [0.29, 0.717) is 6.04 Å². The Morgan fingerprint density at radius 2 is 2.16 bits per heavy atom. The molecule has 1 aliphatic rings. The lowest BCUT2D eigenvalue weighted by Gasteiger charge is -2.34. The predicted octanol–water partition coefficient (Wildman–Crippen LogP) is 1.73. The topological polar surface area (TPSA) is 46.0 Å². The SMILES string of the molecule is CC(CC1CCCCN1C)NC(C)c1cn(C)nn1. The van der Waals surface area contributed by atoms with Crippen LogP contribution >= 0.6 is 0 Å². The molecule has 5 heteroatoms. The quantitative estimate of drug-likeness (QED) is 0.880. The van der Waals surface area contributed by atoms with Gasteiger partial charge in [-0.2, -0.15) is 0 Å². The molecule has 0 bridgehead atoms. The first-order valence-corrected chi connectivity index (χ1v) is 7.38. The Balaban J connectivity index is 1.81. The van der Waals surface area contributed by atoms with Crippen molar-refractivity contribution in [1.29, 1.82) is 0 Å². The van der Waals surface area contributed by atoms with Gasteiger partial charge >= 0.3 is 0 Å². The lowest BCUT2D eigenvalue weighted by atomic mass is 9.96. The molecule has 1 N–H and O–H groups in total. The average molecular weight is 265 g/mol. The van der Waals surface area contributed by atoms with E-state index in [-0.39, 0.29) is 6.04 Å². The van der Waals surface area contributed by atoms with Gasteiger partial charge in [0.1, 0.15) is 0 Å². The van der Waals surface area contributed by atoms with Crippen LogP contribution in [-0.4, -0.2) is 45.6 Å². The molecule has 0 radical (unpaired) electrons. The highest BCUT2D eigenvalue weighted by atomic mass is 15.4. The number of aromatic nitrogens is 3. The van der Waals surface area contributed by atoms with Gasteiger partial charge in [-0.25, -0.2) is 0 Å². The summed E-state index contributed by atoms with van der Waals surface area (Å²) in [5.41, 5.74) is 1.02. The molecule has 19 heavy (non-hydrogen) atoms. The molecule has 0 amide bonds. The number of piperidine rings is 1. The minimum absolute atomic E-state index is 0.262. The summed E-state index contributed by atoms with van der Waals surface area (Å²) in [6.45, 7) is 5.68. The molecule has 108 valence electrons. The van der Waals surface area contributed by atoms with E-state index in [0.717, 1.165) is 11.7 Å². The van der Waals surface area contributed by atoms with Gasteiger partial charge in [-0.15, -0.1) is 5.10 Å². The maximum Gasteiger partial charge on any atom is 0.0993 e. The Hall–Kier alpha value is -0.940. The molecule has 1 aromatic heterocycles. The monoisotopic (exact) mass is 265 g/mol. The van der Waals surface area contributed by atoms with E-state index in [9.17, 15) is 0 Å². The number of likely N-dealkylation sites (tertiary alicyclic amines) is 1. The molecule has 5 nitrogen and oxygen atoms in total. The molecule has 0 saturated carbocycles. The van der Waals surface area contributed by atoms with Gasteiger partial charge in [0, 0.05) is 25.3 Å². The first-order valence-electron chi connectivity index (χ1n) is 7.38. The lowest BCUT2D eigenvalue weighted by molar-refractivity contribution is 0.163. The number of nitrogens with one attached hydrogen (secondary N) is 1. The Bertz CT molecular complexity index is 389. The van der Waals surface area contributed by atoms with Crippen molar-refractivity contribution < 1.29 is 0 Å². The average Bonchev–Trinajstić information content (AvgIpc) is 2.79. The first-order chi connectivity index (χ1) is 9.06. The molecule has 2 heterocycles. The van der Waals surface area contributed by atoms with Crippen molar-refractivity contribution in [3.05, 3.63) is 11.9 Å². The lowest BCUT2D eigenvalue weighted by Crippen LogP contribution is -2.41. The fourth-order valence-electron chi connectivity index (χ4n) is 2.99. The normalized spacial score (nSPS) is 24.3. The largest absolute Gasteiger partial charge is 0.306 e. The van der Waals surface area contributed by atoms with Gasteiger partial charge in [0.15, 0.2) is 0 Å². The fraction of sp³-hybridized carbons (Fsp3) is 0.857. The maximum absolute atomic E-state index is 4.17. The van der Waals surface area contributed by atoms with E-state index in [2.05, 4.69) is 41.4 Å². The van der Waals surface area contributed by atoms with Crippen molar-refractivity contribution in [3.8, 4) is 0 Å².